The Morgan fingerprint density at radius 3 is 2.47 bits per heavy atom. The summed E-state index contributed by atoms with van der Waals surface area (Å²) in [4.78, 5) is 8.67. The van der Waals surface area contributed by atoms with Gasteiger partial charge in [0, 0.05) is 34.8 Å². The van der Waals surface area contributed by atoms with Gasteiger partial charge in [0.15, 0.2) is 0 Å². The van der Waals surface area contributed by atoms with E-state index < -0.39 is 0 Å². The van der Waals surface area contributed by atoms with E-state index in [1.54, 1.807) is 23.7 Å². The summed E-state index contributed by atoms with van der Waals surface area (Å²) in [5, 5.41) is 3.90. The average Bonchev–Trinajstić information content (AvgIpc) is 2.91. The minimum absolute atomic E-state index is 0.763. The number of halogens is 1. The molecule has 3 rings (SSSR count). The third-order valence-electron chi connectivity index (χ3n) is 2.78. The van der Waals surface area contributed by atoms with Crippen LogP contribution in [-0.2, 0) is 6.42 Å². The third kappa shape index (κ3) is 3.00. The van der Waals surface area contributed by atoms with Crippen LogP contribution in [0.5, 0.6) is 0 Å². The zero-order valence-electron chi connectivity index (χ0n) is 10.1. The predicted octanol–water partition coefficient (Wildman–Crippen LogP) is 4.45. The van der Waals surface area contributed by atoms with Crippen LogP contribution in [-0.4, -0.2) is 9.97 Å². The van der Waals surface area contributed by atoms with Crippen molar-refractivity contribution in [1.82, 2.24) is 9.97 Å². The lowest BCUT2D eigenvalue weighted by Crippen LogP contribution is -1.88. The average molecular weight is 287 g/mol. The summed E-state index contributed by atoms with van der Waals surface area (Å²) in [6.45, 7) is 0. The van der Waals surface area contributed by atoms with E-state index >= 15 is 0 Å². The Hall–Kier alpha value is -1.71. The highest BCUT2D eigenvalue weighted by atomic mass is 35.5. The van der Waals surface area contributed by atoms with Gasteiger partial charge < -0.3 is 0 Å². The Labute approximate surface area is 120 Å². The molecule has 2 nitrogen and oxygen atoms in total. The Bertz CT molecular complexity index is 662. The molecule has 2 heterocycles. The molecule has 0 spiro atoms. The lowest BCUT2D eigenvalue weighted by atomic mass is 10.1. The molecule has 0 aliphatic carbocycles. The molecule has 94 valence electrons. The van der Waals surface area contributed by atoms with Crippen molar-refractivity contribution in [3.05, 3.63) is 70.5 Å². The highest BCUT2D eigenvalue weighted by molar-refractivity contribution is 7.13. The summed E-state index contributed by atoms with van der Waals surface area (Å²) < 4.78 is 0. The number of pyridine rings is 1. The van der Waals surface area contributed by atoms with E-state index in [0.29, 0.717) is 0 Å². The van der Waals surface area contributed by atoms with Gasteiger partial charge in [0.05, 0.1) is 5.69 Å². The normalized spacial score (nSPS) is 10.6. The van der Waals surface area contributed by atoms with Crippen LogP contribution in [0.25, 0.3) is 10.6 Å². The SMILES string of the molecule is Clc1ccc(Cc2csc(-c3ccncc3)n2)cc1. The molecule has 19 heavy (non-hydrogen) atoms. The molecule has 2 aromatic heterocycles. The second-order valence-electron chi connectivity index (χ2n) is 4.18. The van der Waals surface area contributed by atoms with Crippen molar-refractivity contribution >= 4 is 22.9 Å². The molecule has 0 aliphatic rings. The second-order valence-corrected chi connectivity index (χ2v) is 5.48. The highest BCUT2D eigenvalue weighted by Gasteiger charge is 2.05. The zero-order valence-corrected chi connectivity index (χ0v) is 11.7. The fourth-order valence-corrected chi connectivity index (χ4v) is 2.78. The van der Waals surface area contributed by atoms with Crippen LogP contribution in [0.3, 0.4) is 0 Å². The maximum atomic E-state index is 5.88. The van der Waals surface area contributed by atoms with Crippen LogP contribution in [0.4, 0.5) is 0 Å². The Balaban J connectivity index is 1.80. The molecule has 1 aromatic carbocycles. The van der Waals surface area contributed by atoms with Gasteiger partial charge in [-0.05, 0) is 29.8 Å². The van der Waals surface area contributed by atoms with E-state index in [0.717, 1.165) is 27.7 Å². The number of aromatic nitrogens is 2. The molecular formula is C15H11ClN2S. The zero-order chi connectivity index (χ0) is 13.1. The van der Waals surface area contributed by atoms with Crippen molar-refractivity contribution in [2.24, 2.45) is 0 Å². The Morgan fingerprint density at radius 1 is 1.00 bits per heavy atom. The quantitative estimate of drug-likeness (QED) is 0.711. The van der Waals surface area contributed by atoms with Gasteiger partial charge in [-0.15, -0.1) is 11.3 Å². The number of nitrogens with zero attached hydrogens (tertiary/aromatic N) is 2. The molecule has 0 radical (unpaired) electrons. The summed E-state index contributed by atoms with van der Waals surface area (Å²) >= 11 is 7.54. The summed E-state index contributed by atoms with van der Waals surface area (Å²) in [5.74, 6) is 0. The number of hydrogen-bond acceptors (Lipinski definition) is 3. The largest absolute Gasteiger partial charge is 0.265 e. The van der Waals surface area contributed by atoms with E-state index in [1.165, 1.54) is 5.56 Å². The first kappa shape index (κ1) is 12.3. The lowest BCUT2D eigenvalue weighted by molar-refractivity contribution is 1.11. The molecule has 0 aliphatic heterocycles. The molecule has 0 amide bonds. The van der Waals surface area contributed by atoms with Crippen LogP contribution >= 0.6 is 22.9 Å². The van der Waals surface area contributed by atoms with E-state index in [1.807, 2.05) is 36.4 Å². The van der Waals surface area contributed by atoms with Gasteiger partial charge in [0.2, 0.25) is 0 Å². The van der Waals surface area contributed by atoms with Gasteiger partial charge in [-0.1, -0.05) is 23.7 Å². The van der Waals surface area contributed by atoms with Crippen LogP contribution in [0, 0.1) is 0 Å². The van der Waals surface area contributed by atoms with E-state index in [-0.39, 0.29) is 0 Å². The number of hydrogen-bond donors (Lipinski definition) is 0. The first-order valence-corrected chi connectivity index (χ1v) is 7.16. The summed E-state index contributed by atoms with van der Waals surface area (Å²) in [5.41, 5.74) is 3.41. The first-order chi connectivity index (χ1) is 9.31. The molecule has 4 heteroatoms. The number of rotatable bonds is 3. The number of thiazole rings is 1. The third-order valence-corrected chi connectivity index (χ3v) is 3.97. The van der Waals surface area contributed by atoms with Crippen LogP contribution in [0.1, 0.15) is 11.3 Å². The minimum atomic E-state index is 0.763. The lowest BCUT2D eigenvalue weighted by Gasteiger charge is -1.98. The van der Waals surface area contributed by atoms with Crippen LogP contribution in [0.2, 0.25) is 5.02 Å². The van der Waals surface area contributed by atoms with Crippen molar-refractivity contribution < 1.29 is 0 Å². The highest BCUT2D eigenvalue weighted by Crippen LogP contribution is 2.24. The molecule has 0 fully saturated rings. The first-order valence-electron chi connectivity index (χ1n) is 5.90. The Morgan fingerprint density at radius 2 is 1.74 bits per heavy atom. The monoisotopic (exact) mass is 286 g/mol. The van der Waals surface area contributed by atoms with Gasteiger partial charge in [-0.25, -0.2) is 4.98 Å². The van der Waals surface area contributed by atoms with E-state index in [2.05, 4.69) is 15.3 Å². The molecule has 3 aromatic rings. The molecular weight excluding hydrogens is 276 g/mol. The summed E-state index contributed by atoms with van der Waals surface area (Å²) in [7, 11) is 0. The Kier molecular flexibility index (Phi) is 3.58. The van der Waals surface area contributed by atoms with Gasteiger partial charge in [0.25, 0.3) is 0 Å². The smallest absolute Gasteiger partial charge is 0.123 e. The number of benzene rings is 1. The minimum Gasteiger partial charge on any atom is -0.265 e. The molecule has 0 atom stereocenters. The maximum absolute atomic E-state index is 5.88. The van der Waals surface area contributed by atoms with Crippen LogP contribution < -0.4 is 0 Å². The van der Waals surface area contributed by atoms with Gasteiger partial charge >= 0.3 is 0 Å². The molecule has 0 saturated carbocycles. The molecule has 0 bridgehead atoms. The van der Waals surface area contributed by atoms with E-state index in [4.69, 9.17) is 11.6 Å². The van der Waals surface area contributed by atoms with Crippen molar-refractivity contribution in [3.63, 3.8) is 0 Å². The summed E-state index contributed by atoms with van der Waals surface area (Å²) in [6.07, 6.45) is 4.41. The van der Waals surface area contributed by atoms with Crippen molar-refractivity contribution in [1.29, 1.82) is 0 Å². The second kappa shape index (κ2) is 5.51. The van der Waals surface area contributed by atoms with Gasteiger partial charge in [-0.2, -0.15) is 0 Å². The maximum Gasteiger partial charge on any atom is 0.123 e. The van der Waals surface area contributed by atoms with Gasteiger partial charge in [-0.3, -0.25) is 4.98 Å². The fourth-order valence-electron chi connectivity index (χ4n) is 1.83. The predicted molar refractivity (Wildman–Crippen MR) is 79.6 cm³/mol. The van der Waals surface area contributed by atoms with Crippen molar-refractivity contribution in [2.45, 2.75) is 6.42 Å². The molecule has 0 saturated heterocycles. The fraction of sp³-hybridized carbons (Fsp3) is 0.0667. The van der Waals surface area contributed by atoms with Crippen molar-refractivity contribution in [3.8, 4) is 10.6 Å². The topological polar surface area (TPSA) is 25.8 Å². The standard InChI is InChI=1S/C15H11ClN2S/c16-13-3-1-11(2-4-13)9-14-10-19-15(18-14)12-5-7-17-8-6-12/h1-8,10H,9H2. The molecule has 0 N–H and O–H groups in total. The van der Waals surface area contributed by atoms with E-state index in [9.17, 15) is 0 Å². The van der Waals surface area contributed by atoms with Gasteiger partial charge in [0.1, 0.15) is 5.01 Å². The molecule has 0 unspecified atom stereocenters. The summed E-state index contributed by atoms with van der Waals surface area (Å²) in [6, 6.07) is 11.8. The van der Waals surface area contributed by atoms with Crippen molar-refractivity contribution in [2.75, 3.05) is 0 Å². The van der Waals surface area contributed by atoms with Crippen LogP contribution in [0.15, 0.2) is 54.2 Å².